The molecule has 1 amide bonds. The number of hydrogen-bond donors (Lipinski definition) is 2. The molecule has 2 N–H and O–H groups in total. The third kappa shape index (κ3) is 6.77. The molecule has 0 saturated carbocycles. The highest BCUT2D eigenvalue weighted by Gasteiger charge is 2.27. The molecule has 4 aromatic carbocycles. The zero-order valence-electron chi connectivity index (χ0n) is 21.5. The summed E-state index contributed by atoms with van der Waals surface area (Å²) < 4.78 is 74.3. The first kappa shape index (κ1) is 28.6. The Hall–Kier alpha value is -4.42. The Bertz CT molecular complexity index is 1710. The molecule has 0 unspecified atom stereocenters. The number of amides is 1. The second kappa shape index (κ2) is 11.8. The van der Waals surface area contributed by atoms with Crippen molar-refractivity contribution >= 4 is 43.0 Å². The molecule has 0 heterocycles. The Balaban J connectivity index is 1.53. The molecule has 0 bridgehead atoms. The number of halogens is 1. The number of hydrogen-bond acceptors (Lipinski definition) is 6. The zero-order chi connectivity index (χ0) is 28.9. The monoisotopic (exact) mass is 583 g/mol. The molecular formula is C28H26FN3O6S2. The van der Waals surface area contributed by atoms with E-state index in [1.807, 2.05) is 13.0 Å². The lowest BCUT2D eigenvalue weighted by molar-refractivity contribution is -0.114. The lowest BCUT2D eigenvalue weighted by Crippen LogP contribution is -2.38. The predicted molar refractivity (Wildman–Crippen MR) is 151 cm³/mol. The van der Waals surface area contributed by atoms with Gasteiger partial charge in [0.1, 0.15) is 18.1 Å². The van der Waals surface area contributed by atoms with Crippen molar-refractivity contribution in [2.24, 2.45) is 0 Å². The largest absolute Gasteiger partial charge is 0.497 e. The number of sulfonamides is 2. The van der Waals surface area contributed by atoms with E-state index in [4.69, 9.17) is 4.74 Å². The Morgan fingerprint density at radius 2 is 1.45 bits per heavy atom. The van der Waals surface area contributed by atoms with Crippen LogP contribution in [0.15, 0.2) is 107 Å². The molecule has 12 heteroatoms. The van der Waals surface area contributed by atoms with Gasteiger partial charge in [-0.05, 0) is 97.4 Å². The van der Waals surface area contributed by atoms with Crippen LogP contribution in [0.25, 0.3) is 0 Å². The van der Waals surface area contributed by atoms with Crippen LogP contribution in [-0.2, 0) is 24.8 Å². The number of methoxy groups -OCH3 is 1. The minimum absolute atomic E-state index is 0.0225. The summed E-state index contributed by atoms with van der Waals surface area (Å²) in [7, 11) is -6.67. The van der Waals surface area contributed by atoms with E-state index in [0.29, 0.717) is 11.4 Å². The molecule has 0 spiro atoms. The van der Waals surface area contributed by atoms with Crippen LogP contribution in [0, 0.1) is 12.7 Å². The van der Waals surface area contributed by atoms with Gasteiger partial charge in [0, 0.05) is 11.4 Å². The topological polar surface area (TPSA) is 122 Å². The number of nitrogens with one attached hydrogen (secondary N) is 2. The highest BCUT2D eigenvalue weighted by atomic mass is 32.2. The molecule has 0 aliphatic carbocycles. The molecule has 4 rings (SSSR count). The smallest absolute Gasteiger partial charge is 0.264 e. The maximum Gasteiger partial charge on any atom is 0.264 e. The number of benzene rings is 4. The van der Waals surface area contributed by atoms with Crippen LogP contribution in [0.1, 0.15) is 5.56 Å². The Morgan fingerprint density at radius 3 is 2.05 bits per heavy atom. The fraction of sp³-hybridized carbons (Fsp3) is 0.107. The summed E-state index contributed by atoms with van der Waals surface area (Å²) >= 11 is 0. The SMILES string of the molecule is COc1ccc(N(CC(=O)Nc2ccc(S(=O)(=O)Nc3cccc(C)c3)cc2)S(=O)(=O)c2ccc(F)cc2)cc1. The summed E-state index contributed by atoms with van der Waals surface area (Å²) in [6, 6.07) is 22.7. The molecule has 4 aromatic rings. The van der Waals surface area contributed by atoms with Crippen molar-refractivity contribution in [3.05, 3.63) is 108 Å². The van der Waals surface area contributed by atoms with Gasteiger partial charge in [-0.3, -0.25) is 13.8 Å². The second-order valence-corrected chi connectivity index (χ2v) is 12.3. The number of rotatable bonds is 10. The van der Waals surface area contributed by atoms with Crippen molar-refractivity contribution in [3.63, 3.8) is 0 Å². The van der Waals surface area contributed by atoms with E-state index < -0.39 is 38.3 Å². The van der Waals surface area contributed by atoms with Crippen molar-refractivity contribution in [1.82, 2.24) is 0 Å². The number of ether oxygens (including phenoxy) is 1. The molecule has 0 aliphatic rings. The number of carbonyl (C=O) groups is 1. The molecule has 40 heavy (non-hydrogen) atoms. The van der Waals surface area contributed by atoms with Gasteiger partial charge in [0.05, 0.1) is 22.6 Å². The highest BCUT2D eigenvalue weighted by Crippen LogP contribution is 2.26. The summed E-state index contributed by atoms with van der Waals surface area (Å²) in [6.07, 6.45) is 0. The standard InChI is InChI=1S/C28H26FN3O6S2/c1-20-4-3-5-23(18-20)31-39(34,35)26-16-8-22(9-17-26)30-28(33)19-32(24-10-12-25(38-2)13-11-24)40(36,37)27-14-6-21(29)7-15-27/h3-18,31H,19H2,1-2H3,(H,30,33). The number of nitrogens with zero attached hydrogens (tertiary/aromatic N) is 1. The van der Waals surface area contributed by atoms with Crippen LogP contribution in [0.2, 0.25) is 0 Å². The molecule has 0 aliphatic heterocycles. The van der Waals surface area contributed by atoms with E-state index in [0.717, 1.165) is 34.1 Å². The third-order valence-corrected chi connectivity index (χ3v) is 8.95. The van der Waals surface area contributed by atoms with E-state index in [1.54, 1.807) is 30.3 Å². The summed E-state index contributed by atoms with van der Waals surface area (Å²) in [5.74, 6) is -0.804. The molecule has 0 fully saturated rings. The van der Waals surface area contributed by atoms with Crippen molar-refractivity contribution < 1.29 is 30.8 Å². The number of aryl methyl sites for hydroxylation is 1. The fourth-order valence-corrected chi connectivity index (χ4v) is 6.24. The van der Waals surface area contributed by atoms with Gasteiger partial charge in [0.2, 0.25) is 5.91 Å². The van der Waals surface area contributed by atoms with Crippen molar-refractivity contribution in [1.29, 1.82) is 0 Å². The number of anilines is 3. The maximum absolute atomic E-state index is 13.4. The maximum atomic E-state index is 13.4. The van der Waals surface area contributed by atoms with Crippen molar-refractivity contribution in [2.75, 3.05) is 28.0 Å². The molecular weight excluding hydrogens is 557 g/mol. The lowest BCUT2D eigenvalue weighted by Gasteiger charge is -2.24. The quantitative estimate of drug-likeness (QED) is 0.277. The first-order valence-electron chi connectivity index (χ1n) is 11.9. The minimum Gasteiger partial charge on any atom is -0.497 e. The van der Waals surface area contributed by atoms with Gasteiger partial charge in [0.15, 0.2) is 0 Å². The molecule has 0 aromatic heterocycles. The Kier molecular flexibility index (Phi) is 8.40. The molecule has 9 nitrogen and oxygen atoms in total. The fourth-order valence-electron chi connectivity index (χ4n) is 3.77. The highest BCUT2D eigenvalue weighted by molar-refractivity contribution is 7.93. The van der Waals surface area contributed by atoms with Gasteiger partial charge >= 0.3 is 0 Å². The molecule has 0 atom stereocenters. The van der Waals surface area contributed by atoms with Gasteiger partial charge in [-0.15, -0.1) is 0 Å². The van der Waals surface area contributed by atoms with Crippen LogP contribution in [0.5, 0.6) is 5.75 Å². The minimum atomic E-state index is -4.26. The lowest BCUT2D eigenvalue weighted by atomic mass is 10.2. The normalized spacial score (nSPS) is 11.5. The first-order valence-corrected chi connectivity index (χ1v) is 14.8. The van der Waals surface area contributed by atoms with E-state index >= 15 is 0 Å². The van der Waals surface area contributed by atoms with Crippen molar-refractivity contribution in [3.8, 4) is 5.75 Å². The van der Waals surface area contributed by atoms with Crippen LogP contribution < -0.4 is 19.1 Å². The van der Waals surface area contributed by atoms with Crippen LogP contribution in [0.4, 0.5) is 21.5 Å². The summed E-state index contributed by atoms with van der Waals surface area (Å²) in [6.45, 7) is 1.23. The van der Waals surface area contributed by atoms with Crippen molar-refractivity contribution in [2.45, 2.75) is 16.7 Å². The Morgan fingerprint density at radius 1 is 0.825 bits per heavy atom. The van der Waals surface area contributed by atoms with E-state index in [2.05, 4.69) is 10.0 Å². The predicted octanol–water partition coefficient (Wildman–Crippen LogP) is 4.78. The van der Waals surface area contributed by atoms with E-state index in [-0.39, 0.29) is 21.2 Å². The summed E-state index contributed by atoms with van der Waals surface area (Å²) in [5.41, 5.74) is 1.75. The van der Waals surface area contributed by atoms with E-state index in [9.17, 15) is 26.0 Å². The Labute approximate surface area is 232 Å². The summed E-state index contributed by atoms with van der Waals surface area (Å²) in [5, 5.41) is 2.59. The third-order valence-electron chi connectivity index (χ3n) is 5.77. The van der Waals surface area contributed by atoms with Gasteiger partial charge in [0.25, 0.3) is 20.0 Å². The average molecular weight is 584 g/mol. The molecule has 208 valence electrons. The molecule has 0 saturated heterocycles. The summed E-state index contributed by atoms with van der Waals surface area (Å²) in [4.78, 5) is 12.8. The second-order valence-electron chi connectivity index (χ2n) is 8.71. The zero-order valence-corrected chi connectivity index (χ0v) is 23.2. The van der Waals surface area contributed by atoms with Gasteiger partial charge in [-0.25, -0.2) is 21.2 Å². The van der Waals surface area contributed by atoms with Crippen LogP contribution >= 0.6 is 0 Å². The van der Waals surface area contributed by atoms with Gasteiger partial charge in [-0.1, -0.05) is 12.1 Å². The van der Waals surface area contributed by atoms with Crippen LogP contribution in [0.3, 0.4) is 0 Å². The number of carbonyl (C=O) groups excluding carboxylic acids is 1. The van der Waals surface area contributed by atoms with Gasteiger partial charge in [-0.2, -0.15) is 0 Å². The first-order chi connectivity index (χ1) is 19.0. The average Bonchev–Trinajstić information content (AvgIpc) is 2.92. The van der Waals surface area contributed by atoms with Gasteiger partial charge < -0.3 is 10.1 Å². The van der Waals surface area contributed by atoms with Crippen LogP contribution in [-0.4, -0.2) is 36.4 Å². The van der Waals surface area contributed by atoms with E-state index in [1.165, 1.54) is 43.5 Å². The molecule has 0 radical (unpaired) electrons.